The van der Waals surface area contributed by atoms with Crippen LogP contribution in [0.25, 0.3) is 0 Å². The maximum Gasteiger partial charge on any atom is 0.349 e. The van der Waals surface area contributed by atoms with Crippen molar-refractivity contribution in [2.24, 2.45) is 0 Å². The largest absolute Gasteiger partial charge is 0.482 e. The maximum absolute atomic E-state index is 12.2. The molecular weight excluding hydrogens is 300 g/mol. The number of carbonyl (C=O) groups excluding carboxylic acids is 1. The van der Waals surface area contributed by atoms with Crippen LogP contribution < -0.4 is 9.47 Å². The van der Waals surface area contributed by atoms with Gasteiger partial charge in [-0.1, -0.05) is 57.5 Å². The molecule has 2 rings (SSSR count). The third-order valence-corrected chi connectivity index (χ3v) is 3.83. The van der Waals surface area contributed by atoms with Crippen LogP contribution in [0, 0.1) is 6.92 Å². The molecule has 0 radical (unpaired) electrons. The molecule has 0 heterocycles. The highest BCUT2D eigenvalue weighted by atomic mass is 16.6. The van der Waals surface area contributed by atoms with Gasteiger partial charge in [0.1, 0.15) is 11.5 Å². The number of carbonyl (C=O) groups is 1. The van der Waals surface area contributed by atoms with E-state index in [9.17, 15) is 4.79 Å². The van der Waals surface area contributed by atoms with Crippen molar-refractivity contribution in [1.82, 2.24) is 0 Å². The quantitative estimate of drug-likeness (QED) is 0.582. The monoisotopic (exact) mass is 326 g/mol. The lowest BCUT2D eigenvalue weighted by Gasteiger charge is -2.22. The summed E-state index contributed by atoms with van der Waals surface area (Å²) in [4.78, 5) is 12.2. The zero-order valence-electron chi connectivity index (χ0n) is 15.2. The third-order valence-electron chi connectivity index (χ3n) is 3.83. The molecule has 0 atom stereocenters. The van der Waals surface area contributed by atoms with Crippen molar-refractivity contribution < 1.29 is 14.3 Å². The van der Waals surface area contributed by atoms with Crippen molar-refractivity contribution >= 4 is 5.97 Å². The van der Waals surface area contributed by atoms with E-state index in [1.165, 1.54) is 5.56 Å². The summed E-state index contributed by atoms with van der Waals surface area (Å²) in [6.45, 7) is 10.3. The molecule has 128 valence electrons. The predicted octanol–water partition coefficient (Wildman–Crippen LogP) is 4.84. The minimum absolute atomic E-state index is 0.0993. The summed E-state index contributed by atoms with van der Waals surface area (Å²) in [7, 11) is 0. The number of aryl methyl sites for hydroxylation is 2. The molecule has 0 aliphatic heterocycles. The first-order chi connectivity index (χ1) is 11.3. The van der Waals surface area contributed by atoms with Crippen molar-refractivity contribution in [3.63, 3.8) is 0 Å². The topological polar surface area (TPSA) is 35.5 Å². The summed E-state index contributed by atoms with van der Waals surface area (Å²) >= 11 is 0. The highest BCUT2D eigenvalue weighted by molar-refractivity contribution is 5.74. The molecule has 2 aromatic carbocycles. The van der Waals surface area contributed by atoms with Gasteiger partial charge in [0.25, 0.3) is 0 Å². The minimum atomic E-state index is -0.397. The Morgan fingerprint density at radius 2 is 1.83 bits per heavy atom. The van der Waals surface area contributed by atoms with E-state index in [0.29, 0.717) is 11.5 Å². The molecule has 0 saturated heterocycles. The van der Waals surface area contributed by atoms with Gasteiger partial charge < -0.3 is 9.47 Å². The van der Waals surface area contributed by atoms with Gasteiger partial charge in [-0.3, -0.25) is 0 Å². The van der Waals surface area contributed by atoms with Gasteiger partial charge in [0, 0.05) is 5.56 Å². The molecule has 3 heteroatoms. The molecule has 24 heavy (non-hydrogen) atoms. The second kappa shape index (κ2) is 7.52. The second-order valence-corrected chi connectivity index (χ2v) is 7.01. The molecule has 3 nitrogen and oxygen atoms in total. The first-order valence-electron chi connectivity index (χ1n) is 8.33. The van der Waals surface area contributed by atoms with Crippen LogP contribution >= 0.6 is 0 Å². The first-order valence-corrected chi connectivity index (χ1v) is 8.33. The summed E-state index contributed by atoms with van der Waals surface area (Å²) in [5, 5.41) is 0. The second-order valence-electron chi connectivity index (χ2n) is 7.01. The van der Waals surface area contributed by atoms with E-state index >= 15 is 0 Å². The van der Waals surface area contributed by atoms with Crippen LogP contribution in [0.2, 0.25) is 0 Å². The van der Waals surface area contributed by atoms with E-state index in [1.807, 2.05) is 43.3 Å². The molecule has 0 aromatic heterocycles. The van der Waals surface area contributed by atoms with Gasteiger partial charge >= 0.3 is 5.97 Å². The van der Waals surface area contributed by atoms with E-state index < -0.39 is 5.97 Å². The summed E-state index contributed by atoms with van der Waals surface area (Å²) in [5.41, 5.74) is 3.24. The van der Waals surface area contributed by atoms with Gasteiger partial charge in [0.2, 0.25) is 0 Å². The van der Waals surface area contributed by atoms with E-state index in [4.69, 9.17) is 9.47 Å². The molecule has 0 aliphatic rings. The molecule has 0 aliphatic carbocycles. The van der Waals surface area contributed by atoms with Crippen LogP contribution in [0.15, 0.2) is 42.5 Å². The van der Waals surface area contributed by atoms with Crippen LogP contribution in [-0.2, 0) is 16.6 Å². The van der Waals surface area contributed by atoms with E-state index in [-0.39, 0.29) is 12.0 Å². The van der Waals surface area contributed by atoms with Gasteiger partial charge in [-0.15, -0.1) is 0 Å². The summed E-state index contributed by atoms with van der Waals surface area (Å²) < 4.78 is 11.1. The number of hydrogen-bond donors (Lipinski definition) is 0. The Morgan fingerprint density at radius 3 is 2.50 bits per heavy atom. The average molecular weight is 326 g/mol. The fourth-order valence-electron chi connectivity index (χ4n) is 2.47. The minimum Gasteiger partial charge on any atom is -0.482 e. The smallest absolute Gasteiger partial charge is 0.349 e. The molecule has 0 N–H and O–H groups in total. The molecule has 0 fully saturated rings. The molecule has 2 aromatic rings. The van der Waals surface area contributed by atoms with Crippen molar-refractivity contribution in [3.8, 4) is 11.5 Å². The van der Waals surface area contributed by atoms with Crippen LogP contribution in [-0.4, -0.2) is 12.6 Å². The lowest BCUT2D eigenvalue weighted by molar-refractivity contribution is -0.136. The van der Waals surface area contributed by atoms with Gasteiger partial charge in [-0.05, 0) is 42.5 Å². The number of rotatable bonds is 5. The van der Waals surface area contributed by atoms with E-state index in [1.54, 1.807) is 0 Å². The molecule has 0 unspecified atom stereocenters. The highest BCUT2D eigenvalue weighted by Crippen LogP contribution is 2.32. The fraction of sp³-hybridized carbons (Fsp3) is 0.381. The fourth-order valence-corrected chi connectivity index (χ4v) is 2.47. The van der Waals surface area contributed by atoms with Gasteiger partial charge in [-0.25, -0.2) is 4.79 Å². The zero-order chi connectivity index (χ0) is 17.7. The third kappa shape index (κ3) is 4.85. The van der Waals surface area contributed by atoms with Crippen LogP contribution in [0.3, 0.4) is 0 Å². The number of ether oxygens (including phenoxy) is 2. The molecule has 0 amide bonds. The van der Waals surface area contributed by atoms with Gasteiger partial charge in [0.15, 0.2) is 6.61 Å². The maximum atomic E-state index is 12.2. The first kappa shape index (κ1) is 18.1. The van der Waals surface area contributed by atoms with Gasteiger partial charge in [0.05, 0.1) is 0 Å². The molecular formula is C21H26O3. The number of benzene rings is 2. The Balaban J connectivity index is 2.05. The van der Waals surface area contributed by atoms with Crippen molar-refractivity contribution in [1.29, 1.82) is 0 Å². The van der Waals surface area contributed by atoms with Crippen LogP contribution in [0.4, 0.5) is 0 Å². The normalized spacial score (nSPS) is 11.2. The highest BCUT2D eigenvalue weighted by Gasteiger charge is 2.21. The number of esters is 1. The molecule has 0 bridgehead atoms. The molecule has 0 saturated carbocycles. The van der Waals surface area contributed by atoms with Gasteiger partial charge in [-0.2, -0.15) is 0 Å². The lowest BCUT2D eigenvalue weighted by Crippen LogP contribution is -2.21. The Bertz CT molecular complexity index is 711. The number of hydrogen-bond acceptors (Lipinski definition) is 3. The van der Waals surface area contributed by atoms with Crippen LogP contribution in [0.5, 0.6) is 11.5 Å². The Morgan fingerprint density at radius 1 is 1.08 bits per heavy atom. The zero-order valence-corrected chi connectivity index (χ0v) is 15.2. The van der Waals surface area contributed by atoms with E-state index in [0.717, 1.165) is 17.5 Å². The van der Waals surface area contributed by atoms with Crippen molar-refractivity contribution in [2.45, 2.75) is 46.5 Å². The van der Waals surface area contributed by atoms with E-state index in [2.05, 4.69) is 33.8 Å². The Labute approximate surface area is 144 Å². The summed E-state index contributed by atoms with van der Waals surface area (Å²) in [5.74, 6) is 0.890. The Hall–Kier alpha value is -2.29. The van der Waals surface area contributed by atoms with Crippen molar-refractivity contribution in [2.75, 3.05) is 6.61 Å². The predicted molar refractivity (Wildman–Crippen MR) is 96.8 cm³/mol. The summed E-state index contributed by atoms with van der Waals surface area (Å²) in [6.07, 6.45) is 0.931. The van der Waals surface area contributed by atoms with Crippen LogP contribution in [0.1, 0.15) is 44.4 Å². The Kier molecular flexibility index (Phi) is 5.66. The summed E-state index contributed by atoms with van der Waals surface area (Å²) in [6, 6.07) is 13.6. The molecule has 0 spiro atoms. The standard InChI is InChI=1S/C21H26O3/c1-6-16-8-7-9-17(13-16)23-14-20(22)24-19-11-10-15(2)12-18(19)21(3,4)5/h7-13H,6,14H2,1-5H3. The lowest BCUT2D eigenvalue weighted by atomic mass is 9.85. The SMILES string of the molecule is CCc1cccc(OCC(=O)Oc2ccc(C)cc2C(C)(C)C)c1. The average Bonchev–Trinajstić information content (AvgIpc) is 2.54. The van der Waals surface area contributed by atoms with Crippen molar-refractivity contribution in [3.05, 3.63) is 59.2 Å².